The Morgan fingerprint density at radius 1 is 1.36 bits per heavy atom. The van der Waals surface area contributed by atoms with Crippen molar-refractivity contribution in [2.75, 3.05) is 40.8 Å². The molecule has 1 unspecified atom stereocenters. The van der Waals surface area contributed by atoms with E-state index in [1.54, 1.807) is 19.0 Å². The molecule has 1 N–H and O–H groups in total. The molecule has 1 aromatic rings. The molecular formula is C22H37IN4O. The van der Waals surface area contributed by atoms with E-state index in [4.69, 9.17) is 0 Å². The molecule has 2 rings (SSSR count). The van der Waals surface area contributed by atoms with Gasteiger partial charge in [0, 0.05) is 46.3 Å². The van der Waals surface area contributed by atoms with Gasteiger partial charge in [0.1, 0.15) is 0 Å². The van der Waals surface area contributed by atoms with E-state index in [1.165, 1.54) is 31.2 Å². The molecule has 1 fully saturated rings. The maximum Gasteiger partial charge on any atom is 0.253 e. The Balaban J connectivity index is 0.00000392. The average Bonchev–Trinajstić information content (AvgIpc) is 2.64. The SMILES string of the molecule is CCCC1(C)CCCN(C(=NC)NCCc2cccc(C(=O)N(C)C)c2)C1.I. The molecule has 1 amide bonds. The van der Waals surface area contributed by atoms with Gasteiger partial charge >= 0.3 is 0 Å². The van der Waals surface area contributed by atoms with E-state index >= 15 is 0 Å². The highest BCUT2D eigenvalue weighted by atomic mass is 127. The van der Waals surface area contributed by atoms with E-state index in [0.717, 1.165) is 37.6 Å². The number of aliphatic imine (C=N–C) groups is 1. The molecule has 1 atom stereocenters. The van der Waals surface area contributed by atoms with E-state index < -0.39 is 0 Å². The topological polar surface area (TPSA) is 47.9 Å². The number of benzene rings is 1. The van der Waals surface area contributed by atoms with E-state index in [2.05, 4.69) is 35.1 Å². The standard InChI is InChI=1S/C22H36N4O.HI/c1-6-12-22(2)13-8-15-26(17-22)21(23-3)24-14-11-18-9-7-10-19(16-18)20(27)25(4)5;/h7,9-10,16H,6,8,11-15,17H2,1-5H3,(H,23,24);1H. The molecule has 1 aliphatic rings. The number of nitrogens with one attached hydrogen (secondary N) is 1. The number of piperidine rings is 1. The second-order valence-electron chi connectivity index (χ2n) is 8.21. The van der Waals surface area contributed by atoms with Crippen molar-refractivity contribution in [2.24, 2.45) is 10.4 Å². The highest BCUT2D eigenvalue weighted by Gasteiger charge is 2.31. The molecule has 1 aromatic carbocycles. The Labute approximate surface area is 188 Å². The third kappa shape index (κ3) is 6.94. The maximum absolute atomic E-state index is 12.1. The zero-order valence-electron chi connectivity index (χ0n) is 18.1. The quantitative estimate of drug-likeness (QED) is 0.365. The first-order valence-corrected chi connectivity index (χ1v) is 10.1. The molecule has 6 heteroatoms. The Hall–Kier alpha value is -1.31. The first kappa shape index (κ1) is 24.7. The van der Waals surface area contributed by atoms with Crippen molar-refractivity contribution in [1.29, 1.82) is 0 Å². The van der Waals surface area contributed by atoms with Crippen LogP contribution in [0.5, 0.6) is 0 Å². The average molecular weight is 500 g/mol. The molecule has 0 aliphatic carbocycles. The van der Waals surface area contributed by atoms with Crippen LogP contribution in [0.2, 0.25) is 0 Å². The lowest BCUT2D eigenvalue weighted by atomic mass is 9.78. The Morgan fingerprint density at radius 2 is 2.11 bits per heavy atom. The first-order valence-electron chi connectivity index (χ1n) is 10.1. The first-order chi connectivity index (χ1) is 12.9. The molecule has 1 saturated heterocycles. The van der Waals surface area contributed by atoms with Crippen LogP contribution in [0.25, 0.3) is 0 Å². The van der Waals surface area contributed by atoms with Crippen LogP contribution in [0.15, 0.2) is 29.3 Å². The maximum atomic E-state index is 12.1. The van der Waals surface area contributed by atoms with Crippen LogP contribution >= 0.6 is 24.0 Å². The van der Waals surface area contributed by atoms with Crippen molar-refractivity contribution in [3.63, 3.8) is 0 Å². The van der Waals surface area contributed by atoms with Gasteiger partial charge in [0.15, 0.2) is 5.96 Å². The van der Waals surface area contributed by atoms with Gasteiger partial charge in [-0.1, -0.05) is 32.4 Å². The summed E-state index contributed by atoms with van der Waals surface area (Å²) in [4.78, 5) is 20.7. The predicted molar refractivity (Wildman–Crippen MR) is 129 cm³/mol. The van der Waals surface area contributed by atoms with Gasteiger partial charge in [0.25, 0.3) is 5.91 Å². The molecule has 28 heavy (non-hydrogen) atoms. The van der Waals surface area contributed by atoms with E-state index in [0.29, 0.717) is 5.41 Å². The molecule has 0 aromatic heterocycles. The van der Waals surface area contributed by atoms with Crippen LogP contribution < -0.4 is 5.32 Å². The van der Waals surface area contributed by atoms with Crippen molar-refractivity contribution in [1.82, 2.24) is 15.1 Å². The minimum absolute atomic E-state index is 0. The molecule has 158 valence electrons. The van der Waals surface area contributed by atoms with E-state index in [1.807, 2.05) is 25.2 Å². The van der Waals surface area contributed by atoms with Gasteiger partial charge in [-0.15, -0.1) is 24.0 Å². The fourth-order valence-electron chi connectivity index (χ4n) is 4.07. The van der Waals surface area contributed by atoms with Crippen molar-refractivity contribution in [3.05, 3.63) is 35.4 Å². The molecule has 5 nitrogen and oxygen atoms in total. The summed E-state index contributed by atoms with van der Waals surface area (Å²) in [5.41, 5.74) is 2.30. The number of hydrogen-bond acceptors (Lipinski definition) is 2. The normalized spacial score (nSPS) is 19.8. The smallest absolute Gasteiger partial charge is 0.253 e. The van der Waals surface area contributed by atoms with E-state index in [-0.39, 0.29) is 29.9 Å². The summed E-state index contributed by atoms with van der Waals surface area (Å²) in [7, 11) is 5.43. The Kier molecular flexibility index (Phi) is 10.3. The number of nitrogens with zero attached hydrogens (tertiary/aromatic N) is 3. The molecule has 0 bridgehead atoms. The number of rotatable bonds is 6. The highest BCUT2D eigenvalue weighted by Crippen LogP contribution is 2.33. The summed E-state index contributed by atoms with van der Waals surface area (Å²) in [6.45, 7) is 7.64. The lowest BCUT2D eigenvalue weighted by Gasteiger charge is -2.42. The fourth-order valence-corrected chi connectivity index (χ4v) is 4.07. The summed E-state index contributed by atoms with van der Waals surface area (Å²) in [5.74, 6) is 1.04. The van der Waals surface area contributed by atoms with Crippen molar-refractivity contribution >= 4 is 35.8 Å². The van der Waals surface area contributed by atoms with Gasteiger partial charge < -0.3 is 15.1 Å². The van der Waals surface area contributed by atoms with Crippen LogP contribution in [0, 0.1) is 5.41 Å². The number of carbonyl (C=O) groups excluding carboxylic acids is 1. The Bertz CT molecular complexity index is 658. The second kappa shape index (κ2) is 11.6. The number of likely N-dealkylation sites (tertiary alicyclic amines) is 1. The minimum atomic E-state index is 0. The molecule has 0 saturated carbocycles. The molecular weight excluding hydrogens is 463 g/mol. The number of halogens is 1. The van der Waals surface area contributed by atoms with Gasteiger partial charge in [0.2, 0.25) is 0 Å². The zero-order chi connectivity index (χ0) is 19.9. The third-order valence-electron chi connectivity index (χ3n) is 5.42. The van der Waals surface area contributed by atoms with Crippen LogP contribution in [0.3, 0.4) is 0 Å². The summed E-state index contributed by atoms with van der Waals surface area (Å²) < 4.78 is 0. The molecule has 1 heterocycles. The summed E-state index contributed by atoms with van der Waals surface area (Å²) in [6.07, 6.45) is 5.91. The van der Waals surface area contributed by atoms with Crippen LogP contribution in [0.1, 0.15) is 55.5 Å². The van der Waals surface area contributed by atoms with Crippen LogP contribution in [-0.2, 0) is 6.42 Å². The predicted octanol–water partition coefficient (Wildman–Crippen LogP) is 4.03. The Morgan fingerprint density at radius 3 is 2.75 bits per heavy atom. The lowest BCUT2D eigenvalue weighted by Crippen LogP contribution is -2.50. The largest absolute Gasteiger partial charge is 0.356 e. The summed E-state index contributed by atoms with van der Waals surface area (Å²) in [6, 6.07) is 7.91. The van der Waals surface area contributed by atoms with Gasteiger partial charge in [0.05, 0.1) is 0 Å². The molecule has 0 spiro atoms. The van der Waals surface area contributed by atoms with Crippen molar-refractivity contribution < 1.29 is 4.79 Å². The third-order valence-corrected chi connectivity index (χ3v) is 5.42. The van der Waals surface area contributed by atoms with Gasteiger partial charge in [-0.25, -0.2) is 0 Å². The monoisotopic (exact) mass is 500 g/mol. The van der Waals surface area contributed by atoms with Crippen LogP contribution in [0.4, 0.5) is 0 Å². The summed E-state index contributed by atoms with van der Waals surface area (Å²) >= 11 is 0. The zero-order valence-corrected chi connectivity index (χ0v) is 20.5. The molecule has 0 radical (unpaired) electrons. The van der Waals surface area contributed by atoms with Crippen molar-refractivity contribution in [2.45, 2.75) is 46.0 Å². The van der Waals surface area contributed by atoms with Gasteiger partial charge in [-0.3, -0.25) is 9.79 Å². The van der Waals surface area contributed by atoms with Gasteiger partial charge in [-0.2, -0.15) is 0 Å². The summed E-state index contributed by atoms with van der Waals surface area (Å²) in [5, 5.41) is 3.52. The van der Waals surface area contributed by atoms with Crippen LogP contribution in [-0.4, -0.2) is 62.4 Å². The number of amides is 1. The second-order valence-corrected chi connectivity index (χ2v) is 8.21. The van der Waals surface area contributed by atoms with E-state index in [9.17, 15) is 4.79 Å². The van der Waals surface area contributed by atoms with Gasteiger partial charge in [-0.05, 0) is 48.8 Å². The number of guanidine groups is 1. The number of carbonyl (C=O) groups is 1. The number of hydrogen-bond donors (Lipinski definition) is 1. The lowest BCUT2D eigenvalue weighted by molar-refractivity contribution is 0.0827. The molecule has 1 aliphatic heterocycles. The minimum Gasteiger partial charge on any atom is -0.356 e. The highest BCUT2D eigenvalue weighted by molar-refractivity contribution is 14.0. The fraction of sp³-hybridized carbons (Fsp3) is 0.636. The van der Waals surface area contributed by atoms with Crippen molar-refractivity contribution in [3.8, 4) is 0 Å².